The Morgan fingerprint density at radius 3 is 2.62 bits per heavy atom. The van der Waals surface area contributed by atoms with Crippen molar-refractivity contribution in [1.29, 1.82) is 0 Å². The molecule has 10 heteroatoms. The summed E-state index contributed by atoms with van der Waals surface area (Å²) in [4.78, 5) is 32.0. The Kier molecular flexibility index (Phi) is 5.94. The SMILES string of the molecule is COc1cccc2cc(C(=O)C3=C(O)C(=O)N(Cc4cccc(C(F)(F)F)c4)C3c3cccnc3)oc12. The number of carbonyl (C=O) groups excluding carboxylic acids is 2. The number of para-hydroxylation sites is 1. The van der Waals surface area contributed by atoms with Crippen LogP contribution in [0.2, 0.25) is 0 Å². The number of halogens is 3. The van der Waals surface area contributed by atoms with Gasteiger partial charge in [0.2, 0.25) is 5.78 Å². The van der Waals surface area contributed by atoms with E-state index in [4.69, 9.17) is 9.15 Å². The predicted octanol–water partition coefficient (Wildman–Crippen LogP) is 5.63. The van der Waals surface area contributed by atoms with E-state index in [1.807, 2.05) is 0 Å². The van der Waals surface area contributed by atoms with Crippen molar-refractivity contribution in [1.82, 2.24) is 9.88 Å². The number of ketones is 1. The molecule has 37 heavy (non-hydrogen) atoms. The first-order valence-electron chi connectivity index (χ1n) is 11.1. The van der Waals surface area contributed by atoms with Gasteiger partial charge in [0.25, 0.3) is 5.91 Å². The van der Waals surface area contributed by atoms with E-state index in [1.165, 1.54) is 37.7 Å². The van der Waals surface area contributed by atoms with Gasteiger partial charge in [0.05, 0.1) is 24.3 Å². The maximum Gasteiger partial charge on any atom is 0.416 e. The van der Waals surface area contributed by atoms with Crippen molar-refractivity contribution in [2.45, 2.75) is 18.8 Å². The standard InChI is InChI=1S/C27H19F3N2O5/c1-36-19-9-3-6-16-12-20(37-25(16)19)23(33)21-22(17-7-4-10-31-13-17)32(26(35)24(21)34)14-15-5-2-8-18(11-15)27(28,29)30/h2-13,22,34H,14H2,1H3. The number of alkyl halides is 3. The van der Waals surface area contributed by atoms with Crippen LogP contribution in [0.25, 0.3) is 11.0 Å². The Morgan fingerprint density at radius 1 is 1.14 bits per heavy atom. The second kappa shape index (κ2) is 9.12. The molecule has 1 aliphatic heterocycles. The molecule has 2 aromatic carbocycles. The molecule has 3 heterocycles. The number of benzene rings is 2. The first kappa shape index (κ1) is 24.1. The van der Waals surface area contributed by atoms with Gasteiger partial charge in [-0.15, -0.1) is 0 Å². The summed E-state index contributed by atoms with van der Waals surface area (Å²) in [5.74, 6) is -2.19. The Hall–Kier alpha value is -4.60. The van der Waals surface area contributed by atoms with Crippen molar-refractivity contribution in [3.05, 3.63) is 107 Å². The van der Waals surface area contributed by atoms with Crippen molar-refractivity contribution >= 4 is 22.7 Å². The lowest BCUT2D eigenvalue weighted by atomic mass is 9.96. The largest absolute Gasteiger partial charge is 0.503 e. The molecular weight excluding hydrogens is 489 g/mol. The average molecular weight is 508 g/mol. The van der Waals surface area contributed by atoms with Gasteiger partial charge in [0.15, 0.2) is 22.9 Å². The van der Waals surface area contributed by atoms with E-state index in [-0.39, 0.29) is 23.4 Å². The van der Waals surface area contributed by atoms with Gasteiger partial charge in [-0.25, -0.2) is 0 Å². The highest BCUT2D eigenvalue weighted by Crippen LogP contribution is 2.41. The number of furan rings is 1. The summed E-state index contributed by atoms with van der Waals surface area (Å²) in [5, 5.41) is 11.4. The number of fused-ring (bicyclic) bond motifs is 1. The van der Waals surface area contributed by atoms with Crippen LogP contribution in [0.5, 0.6) is 5.75 Å². The van der Waals surface area contributed by atoms with Gasteiger partial charge >= 0.3 is 6.18 Å². The number of rotatable bonds is 6. The van der Waals surface area contributed by atoms with E-state index in [2.05, 4.69) is 4.98 Å². The van der Waals surface area contributed by atoms with Crippen LogP contribution in [0, 0.1) is 0 Å². The number of Topliss-reactive ketones (excluding diaryl/α,β-unsaturated/α-hetero) is 1. The van der Waals surface area contributed by atoms with E-state index in [9.17, 15) is 27.9 Å². The van der Waals surface area contributed by atoms with Crippen LogP contribution in [0.1, 0.15) is 33.3 Å². The monoisotopic (exact) mass is 508 g/mol. The molecule has 2 aromatic heterocycles. The molecule has 1 N–H and O–H groups in total. The number of aliphatic hydroxyl groups excluding tert-OH is 1. The molecule has 1 unspecified atom stereocenters. The number of methoxy groups -OCH3 is 1. The molecule has 0 fully saturated rings. The smallest absolute Gasteiger partial charge is 0.416 e. The van der Waals surface area contributed by atoms with Crippen LogP contribution in [-0.2, 0) is 17.5 Å². The third kappa shape index (κ3) is 4.31. The van der Waals surface area contributed by atoms with E-state index in [0.717, 1.165) is 17.0 Å². The van der Waals surface area contributed by atoms with Gasteiger partial charge in [-0.1, -0.05) is 30.3 Å². The van der Waals surface area contributed by atoms with Crippen molar-refractivity contribution in [2.24, 2.45) is 0 Å². The van der Waals surface area contributed by atoms with Crippen LogP contribution in [0.3, 0.4) is 0 Å². The molecule has 0 saturated carbocycles. The van der Waals surface area contributed by atoms with Crippen LogP contribution in [0.4, 0.5) is 13.2 Å². The molecule has 0 radical (unpaired) electrons. The number of hydrogen-bond donors (Lipinski definition) is 1. The Labute approximate surface area is 208 Å². The highest BCUT2D eigenvalue weighted by atomic mass is 19.4. The summed E-state index contributed by atoms with van der Waals surface area (Å²) in [6.07, 6.45) is -1.66. The topological polar surface area (TPSA) is 92.9 Å². The minimum Gasteiger partial charge on any atom is -0.503 e. The highest BCUT2D eigenvalue weighted by Gasteiger charge is 2.45. The van der Waals surface area contributed by atoms with Gasteiger partial charge < -0.3 is 19.2 Å². The fourth-order valence-corrected chi connectivity index (χ4v) is 4.42. The summed E-state index contributed by atoms with van der Waals surface area (Å²) >= 11 is 0. The van der Waals surface area contributed by atoms with Crippen LogP contribution in [0.15, 0.2) is 88.8 Å². The molecule has 188 valence electrons. The van der Waals surface area contributed by atoms with Gasteiger partial charge in [0, 0.05) is 24.3 Å². The number of hydrogen-bond acceptors (Lipinski definition) is 6. The van der Waals surface area contributed by atoms with Gasteiger partial charge in [-0.05, 0) is 41.5 Å². The molecule has 0 bridgehead atoms. The number of ether oxygens (including phenoxy) is 1. The number of carbonyl (C=O) groups is 2. The molecule has 1 atom stereocenters. The number of amides is 1. The first-order valence-corrected chi connectivity index (χ1v) is 11.1. The molecule has 0 spiro atoms. The van der Waals surface area contributed by atoms with Crippen molar-refractivity contribution in [2.75, 3.05) is 7.11 Å². The van der Waals surface area contributed by atoms with Gasteiger partial charge in [0.1, 0.15) is 0 Å². The minimum absolute atomic E-state index is 0.136. The summed E-state index contributed by atoms with van der Waals surface area (Å²) in [5.41, 5.74) is -0.255. The maximum absolute atomic E-state index is 13.6. The van der Waals surface area contributed by atoms with Gasteiger partial charge in [-0.2, -0.15) is 13.2 Å². The normalized spacial score (nSPS) is 16.1. The lowest BCUT2D eigenvalue weighted by molar-refractivity contribution is -0.137. The summed E-state index contributed by atoms with van der Waals surface area (Å²) < 4.78 is 50.8. The third-order valence-electron chi connectivity index (χ3n) is 6.11. The fourth-order valence-electron chi connectivity index (χ4n) is 4.42. The van der Waals surface area contributed by atoms with Crippen molar-refractivity contribution < 1.29 is 37.0 Å². The maximum atomic E-state index is 13.6. The van der Waals surface area contributed by atoms with E-state index >= 15 is 0 Å². The zero-order chi connectivity index (χ0) is 26.3. The second-order valence-electron chi connectivity index (χ2n) is 8.40. The van der Waals surface area contributed by atoms with E-state index in [1.54, 1.807) is 30.3 Å². The molecule has 5 rings (SSSR count). The second-order valence-corrected chi connectivity index (χ2v) is 8.40. The molecule has 0 saturated heterocycles. The van der Waals surface area contributed by atoms with Crippen LogP contribution in [-0.4, -0.2) is 33.8 Å². The number of aromatic nitrogens is 1. The molecule has 0 aliphatic carbocycles. The molecule has 1 amide bonds. The Morgan fingerprint density at radius 2 is 1.92 bits per heavy atom. The van der Waals surface area contributed by atoms with Crippen molar-refractivity contribution in [3.8, 4) is 5.75 Å². The molecule has 4 aromatic rings. The Bertz CT molecular complexity index is 1540. The van der Waals surface area contributed by atoms with E-state index in [0.29, 0.717) is 22.3 Å². The molecule has 7 nitrogen and oxygen atoms in total. The zero-order valence-corrected chi connectivity index (χ0v) is 19.3. The van der Waals surface area contributed by atoms with Gasteiger partial charge in [-0.3, -0.25) is 14.6 Å². The molecular formula is C27H19F3N2O5. The fraction of sp³-hybridized carbons (Fsp3) is 0.148. The zero-order valence-electron chi connectivity index (χ0n) is 19.3. The third-order valence-corrected chi connectivity index (χ3v) is 6.11. The first-order chi connectivity index (χ1) is 17.7. The molecule has 1 aliphatic rings. The number of pyridine rings is 1. The minimum atomic E-state index is -4.57. The average Bonchev–Trinajstić information content (AvgIpc) is 3.44. The van der Waals surface area contributed by atoms with Crippen molar-refractivity contribution in [3.63, 3.8) is 0 Å². The predicted molar refractivity (Wildman–Crippen MR) is 126 cm³/mol. The summed E-state index contributed by atoms with van der Waals surface area (Å²) in [6.45, 7) is -0.295. The van der Waals surface area contributed by atoms with Crippen LogP contribution < -0.4 is 4.74 Å². The Balaban J connectivity index is 1.57. The number of aliphatic hydroxyl groups is 1. The lowest BCUT2D eigenvalue weighted by Crippen LogP contribution is -2.30. The lowest BCUT2D eigenvalue weighted by Gasteiger charge is -2.26. The highest BCUT2D eigenvalue weighted by molar-refractivity contribution is 6.16. The van der Waals surface area contributed by atoms with E-state index < -0.39 is 35.2 Å². The summed E-state index contributed by atoms with van der Waals surface area (Å²) in [6, 6.07) is 13.2. The number of nitrogens with zero attached hydrogens (tertiary/aromatic N) is 2. The summed E-state index contributed by atoms with van der Waals surface area (Å²) in [7, 11) is 1.45. The van der Waals surface area contributed by atoms with Crippen LogP contribution >= 0.6 is 0 Å². The quantitative estimate of drug-likeness (QED) is 0.339.